The van der Waals surface area contributed by atoms with Crippen LogP contribution in [0.25, 0.3) is 0 Å². The predicted molar refractivity (Wildman–Crippen MR) is 89.0 cm³/mol. The molecule has 0 bridgehead atoms. The van der Waals surface area contributed by atoms with E-state index in [-0.39, 0.29) is 6.61 Å². The summed E-state index contributed by atoms with van der Waals surface area (Å²) in [6.07, 6.45) is 1.82. The number of benzene rings is 2. The standard InChI is InChI=1S/C18H20N2O2/c1-12-8-13(2)18(14(3)9-12)20-10-15-4-6-16(7-5-15)22-11-17(19)21/h4-10H,11H2,1-3H3,(H2,19,21)/b20-10+. The first kappa shape index (κ1) is 15.8. The number of nitrogens with zero attached hydrogens (tertiary/aromatic N) is 1. The molecular weight excluding hydrogens is 276 g/mol. The van der Waals surface area contributed by atoms with E-state index in [9.17, 15) is 4.79 Å². The van der Waals surface area contributed by atoms with Crippen molar-refractivity contribution in [1.82, 2.24) is 0 Å². The van der Waals surface area contributed by atoms with Crippen LogP contribution in [0.2, 0.25) is 0 Å². The van der Waals surface area contributed by atoms with Crippen LogP contribution in [-0.2, 0) is 4.79 Å². The Balaban J connectivity index is 2.12. The van der Waals surface area contributed by atoms with Gasteiger partial charge >= 0.3 is 0 Å². The Morgan fingerprint density at radius 3 is 2.27 bits per heavy atom. The van der Waals surface area contributed by atoms with Crippen LogP contribution in [0, 0.1) is 20.8 Å². The Bertz CT molecular complexity index is 681. The molecule has 2 aromatic carbocycles. The van der Waals surface area contributed by atoms with E-state index >= 15 is 0 Å². The van der Waals surface area contributed by atoms with Gasteiger partial charge in [0.05, 0.1) is 5.69 Å². The first-order valence-electron chi connectivity index (χ1n) is 7.09. The molecule has 22 heavy (non-hydrogen) atoms. The number of rotatable bonds is 5. The van der Waals surface area contributed by atoms with Crippen LogP contribution in [0.5, 0.6) is 5.75 Å². The Hall–Kier alpha value is -2.62. The molecule has 0 spiro atoms. The summed E-state index contributed by atoms with van der Waals surface area (Å²) in [6.45, 7) is 6.09. The molecule has 2 rings (SSSR count). The Kier molecular flexibility index (Phi) is 4.94. The molecular formula is C18H20N2O2. The lowest BCUT2D eigenvalue weighted by Crippen LogP contribution is -2.19. The lowest BCUT2D eigenvalue weighted by molar-refractivity contribution is -0.119. The summed E-state index contributed by atoms with van der Waals surface area (Å²) in [5, 5.41) is 0. The third-order valence-corrected chi connectivity index (χ3v) is 3.24. The lowest BCUT2D eigenvalue weighted by atomic mass is 10.1. The van der Waals surface area contributed by atoms with E-state index in [4.69, 9.17) is 10.5 Å². The van der Waals surface area contributed by atoms with E-state index in [2.05, 4.69) is 37.9 Å². The Morgan fingerprint density at radius 2 is 1.73 bits per heavy atom. The zero-order valence-corrected chi connectivity index (χ0v) is 13.1. The first-order chi connectivity index (χ1) is 10.5. The monoisotopic (exact) mass is 296 g/mol. The molecule has 0 aliphatic carbocycles. The largest absolute Gasteiger partial charge is 0.484 e. The van der Waals surface area contributed by atoms with Crippen molar-refractivity contribution < 1.29 is 9.53 Å². The van der Waals surface area contributed by atoms with Gasteiger partial charge in [-0.25, -0.2) is 0 Å². The summed E-state index contributed by atoms with van der Waals surface area (Å²) >= 11 is 0. The normalized spacial score (nSPS) is 10.9. The molecule has 114 valence electrons. The molecule has 4 heteroatoms. The third kappa shape index (κ3) is 4.19. The average Bonchev–Trinajstić information content (AvgIpc) is 2.45. The van der Waals surface area contributed by atoms with Crippen molar-refractivity contribution in [3.05, 3.63) is 58.7 Å². The van der Waals surface area contributed by atoms with Gasteiger partial charge in [0.1, 0.15) is 5.75 Å². The van der Waals surface area contributed by atoms with Crippen molar-refractivity contribution in [3.63, 3.8) is 0 Å². The van der Waals surface area contributed by atoms with Crippen molar-refractivity contribution in [1.29, 1.82) is 0 Å². The maximum atomic E-state index is 10.7. The van der Waals surface area contributed by atoms with Crippen LogP contribution in [0.15, 0.2) is 41.4 Å². The molecule has 0 aromatic heterocycles. The van der Waals surface area contributed by atoms with E-state index in [1.807, 2.05) is 18.3 Å². The summed E-state index contributed by atoms with van der Waals surface area (Å²) in [4.78, 5) is 15.2. The molecule has 2 N–H and O–H groups in total. The molecule has 0 heterocycles. The summed E-state index contributed by atoms with van der Waals surface area (Å²) in [6, 6.07) is 11.6. The molecule has 0 aliphatic heterocycles. The molecule has 4 nitrogen and oxygen atoms in total. The van der Waals surface area contributed by atoms with Gasteiger partial charge in [-0.1, -0.05) is 17.7 Å². The Labute approximate surface area is 130 Å². The molecule has 1 amide bonds. The van der Waals surface area contributed by atoms with E-state index in [1.54, 1.807) is 12.1 Å². The van der Waals surface area contributed by atoms with Crippen LogP contribution < -0.4 is 10.5 Å². The number of amides is 1. The van der Waals surface area contributed by atoms with Crippen LogP contribution >= 0.6 is 0 Å². The van der Waals surface area contributed by atoms with Gasteiger partial charge in [0.2, 0.25) is 0 Å². The third-order valence-electron chi connectivity index (χ3n) is 3.24. The molecule has 0 fully saturated rings. The van der Waals surface area contributed by atoms with Gasteiger partial charge in [0, 0.05) is 6.21 Å². The summed E-state index contributed by atoms with van der Waals surface area (Å²) < 4.78 is 5.22. The van der Waals surface area contributed by atoms with Crippen molar-refractivity contribution in [2.24, 2.45) is 10.7 Å². The molecule has 0 radical (unpaired) electrons. The van der Waals surface area contributed by atoms with Gasteiger partial charge in [-0.2, -0.15) is 0 Å². The van der Waals surface area contributed by atoms with E-state index in [0.717, 1.165) is 22.4 Å². The van der Waals surface area contributed by atoms with E-state index in [1.165, 1.54) is 5.56 Å². The highest BCUT2D eigenvalue weighted by Crippen LogP contribution is 2.25. The van der Waals surface area contributed by atoms with Gasteiger partial charge in [-0.15, -0.1) is 0 Å². The van der Waals surface area contributed by atoms with Gasteiger partial charge in [-0.05, 0) is 61.7 Å². The maximum absolute atomic E-state index is 10.7. The topological polar surface area (TPSA) is 64.7 Å². The lowest BCUT2D eigenvalue weighted by Gasteiger charge is -2.06. The molecule has 0 aliphatic rings. The van der Waals surface area contributed by atoms with Crippen LogP contribution in [0.1, 0.15) is 22.3 Å². The highest BCUT2D eigenvalue weighted by atomic mass is 16.5. The molecule has 2 aromatic rings. The minimum Gasteiger partial charge on any atom is -0.484 e. The number of ether oxygens (including phenoxy) is 1. The summed E-state index contributed by atoms with van der Waals surface area (Å²) in [5.74, 6) is 0.120. The highest BCUT2D eigenvalue weighted by molar-refractivity contribution is 5.83. The van der Waals surface area contributed by atoms with Crippen LogP contribution in [0.3, 0.4) is 0 Å². The van der Waals surface area contributed by atoms with Crippen molar-refractivity contribution in [3.8, 4) is 5.75 Å². The smallest absolute Gasteiger partial charge is 0.255 e. The second-order valence-electron chi connectivity index (χ2n) is 5.33. The number of hydrogen-bond donors (Lipinski definition) is 1. The number of carbonyl (C=O) groups excluding carboxylic acids is 1. The van der Waals surface area contributed by atoms with Crippen LogP contribution in [0.4, 0.5) is 5.69 Å². The minimum atomic E-state index is -0.490. The molecule has 0 saturated carbocycles. The zero-order valence-electron chi connectivity index (χ0n) is 13.1. The van der Waals surface area contributed by atoms with E-state index in [0.29, 0.717) is 5.75 Å². The number of nitrogens with two attached hydrogens (primary N) is 1. The van der Waals surface area contributed by atoms with Gasteiger partial charge in [-0.3, -0.25) is 9.79 Å². The second-order valence-corrected chi connectivity index (χ2v) is 5.33. The van der Waals surface area contributed by atoms with E-state index < -0.39 is 5.91 Å². The fraction of sp³-hybridized carbons (Fsp3) is 0.222. The molecule has 0 saturated heterocycles. The average molecular weight is 296 g/mol. The minimum absolute atomic E-state index is 0.116. The molecule has 0 atom stereocenters. The predicted octanol–water partition coefficient (Wildman–Crippen LogP) is 3.23. The van der Waals surface area contributed by atoms with Gasteiger partial charge in [0.25, 0.3) is 5.91 Å². The first-order valence-corrected chi connectivity index (χ1v) is 7.09. The fourth-order valence-corrected chi connectivity index (χ4v) is 2.32. The molecule has 0 unspecified atom stereocenters. The van der Waals surface area contributed by atoms with Crippen LogP contribution in [-0.4, -0.2) is 18.7 Å². The fourth-order valence-electron chi connectivity index (χ4n) is 2.32. The number of hydrogen-bond acceptors (Lipinski definition) is 3. The SMILES string of the molecule is Cc1cc(C)c(/N=C/c2ccc(OCC(N)=O)cc2)c(C)c1. The second kappa shape index (κ2) is 6.89. The number of primary amides is 1. The maximum Gasteiger partial charge on any atom is 0.255 e. The van der Waals surface area contributed by atoms with Crippen molar-refractivity contribution in [2.75, 3.05) is 6.61 Å². The van der Waals surface area contributed by atoms with Gasteiger partial charge in [0.15, 0.2) is 6.61 Å². The number of carbonyl (C=O) groups is 1. The zero-order chi connectivity index (χ0) is 16.1. The van der Waals surface area contributed by atoms with Crippen molar-refractivity contribution in [2.45, 2.75) is 20.8 Å². The number of aryl methyl sites for hydroxylation is 3. The highest BCUT2D eigenvalue weighted by Gasteiger charge is 2.02. The number of aliphatic imine (C=N–C) groups is 1. The van der Waals surface area contributed by atoms with Gasteiger partial charge < -0.3 is 10.5 Å². The quantitative estimate of drug-likeness (QED) is 0.861. The summed E-state index contributed by atoms with van der Waals surface area (Å²) in [5.41, 5.74) is 10.6. The summed E-state index contributed by atoms with van der Waals surface area (Å²) in [7, 11) is 0. The van der Waals surface area contributed by atoms with Crippen molar-refractivity contribution >= 4 is 17.8 Å². The Morgan fingerprint density at radius 1 is 1.14 bits per heavy atom.